The molecule has 4 nitrogen and oxygen atoms in total. The van der Waals surface area contributed by atoms with Crippen molar-refractivity contribution >= 4 is 5.97 Å². The number of ether oxygens (including phenoxy) is 1. The van der Waals surface area contributed by atoms with Gasteiger partial charge in [0.1, 0.15) is 6.10 Å². The highest BCUT2D eigenvalue weighted by Gasteiger charge is 2.75. The Morgan fingerprint density at radius 1 is 1.33 bits per heavy atom. The Morgan fingerprint density at radius 3 is 2.88 bits per heavy atom. The van der Waals surface area contributed by atoms with Crippen LogP contribution in [-0.2, 0) is 9.53 Å². The minimum Gasteiger partial charge on any atom is -0.459 e. The second-order valence-corrected chi connectivity index (χ2v) is 9.57. The van der Waals surface area contributed by atoms with Crippen molar-refractivity contribution in [2.75, 3.05) is 6.61 Å². The van der Waals surface area contributed by atoms with E-state index in [9.17, 15) is 15.0 Å². The molecule has 0 radical (unpaired) electrons. The van der Waals surface area contributed by atoms with Gasteiger partial charge in [0.15, 0.2) is 0 Å². The van der Waals surface area contributed by atoms with Gasteiger partial charge in [0.25, 0.3) is 0 Å². The zero-order valence-corrected chi connectivity index (χ0v) is 14.5. The first-order chi connectivity index (χ1) is 11.4. The van der Waals surface area contributed by atoms with E-state index in [1.165, 1.54) is 5.57 Å². The van der Waals surface area contributed by atoms with Crippen LogP contribution >= 0.6 is 0 Å². The molecular formula is C20H28O4. The minimum absolute atomic E-state index is 0.0351. The van der Waals surface area contributed by atoms with Crippen LogP contribution in [0.25, 0.3) is 0 Å². The number of fused-ring (bicyclic) bond motifs is 2. The van der Waals surface area contributed by atoms with E-state index in [0.29, 0.717) is 18.3 Å². The van der Waals surface area contributed by atoms with Crippen molar-refractivity contribution in [3.8, 4) is 0 Å². The summed E-state index contributed by atoms with van der Waals surface area (Å²) in [6.45, 7) is 6.46. The molecule has 0 aromatic heterocycles. The molecule has 1 saturated heterocycles. The average Bonchev–Trinajstić information content (AvgIpc) is 3.00. The maximum Gasteiger partial charge on any atom is 0.315 e. The third-order valence-electron chi connectivity index (χ3n) is 8.86. The molecule has 4 saturated carbocycles. The van der Waals surface area contributed by atoms with E-state index in [4.69, 9.17) is 4.74 Å². The molecule has 4 aliphatic carbocycles. The van der Waals surface area contributed by atoms with E-state index in [-0.39, 0.29) is 29.3 Å². The van der Waals surface area contributed by atoms with Crippen molar-refractivity contribution < 1.29 is 19.7 Å². The van der Waals surface area contributed by atoms with Crippen LogP contribution in [0.2, 0.25) is 0 Å². The lowest BCUT2D eigenvalue weighted by Crippen LogP contribution is -2.66. The maximum absolute atomic E-state index is 12.8. The van der Waals surface area contributed by atoms with Crippen molar-refractivity contribution in [2.24, 2.45) is 34.0 Å². The standard InChI is InChI=1S/C20H28O4/c1-11-8-20-9-12(11)4-5-13(20)18(2)6-3-7-19(10-21)15(18)14(16(20)22)24-17(19)23/h12-16,21-22H,1,3-10H2,2H3/t12-,13+,14-,15+,16+,18+,19+,20+/m1/s1. The highest BCUT2D eigenvalue weighted by atomic mass is 16.6. The number of esters is 1. The summed E-state index contributed by atoms with van der Waals surface area (Å²) in [6.07, 6.45) is 5.81. The highest BCUT2D eigenvalue weighted by Crippen LogP contribution is 2.74. The lowest BCUT2D eigenvalue weighted by atomic mass is 9.40. The molecule has 2 bridgehead atoms. The van der Waals surface area contributed by atoms with Crippen molar-refractivity contribution in [3.05, 3.63) is 12.2 Å². The number of carbonyl (C=O) groups excluding carboxylic acids is 1. The molecule has 1 spiro atoms. The van der Waals surface area contributed by atoms with E-state index in [2.05, 4.69) is 13.5 Å². The van der Waals surface area contributed by atoms with Gasteiger partial charge in [-0.15, -0.1) is 0 Å². The van der Waals surface area contributed by atoms with Crippen LogP contribution in [0, 0.1) is 34.0 Å². The van der Waals surface area contributed by atoms with E-state index in [0.717, 1.165) is 38.5 Å². The number of aliphatic hydroxyl groups is 2. The molecule has 132 valence electrons. The lowest BCUT2D eigenvalue weighted by Gasteiger charge is -2.64. The molecule has 24 heavy (non-hydrogen) atoms. The number of aliphatic hydroxyl groups excluding tert-OH is 2. The third-order valence-corrected chi connectivity index (χ3v) is 8.86. The van der Waals surface area contributed by atoms with Gasteiger partial charge in [0, 0.05) is 11.3 Å². The third kappa shape index (κ3) is 1.44. The van der Waals surface area contributed by atoms with Crippen LogP contribution in [0.4, 0.5) is 0 Å². The SMILES string of the molecule is C=C1C[C@]23C[C@H]1CC[C@H]2[C@]1(C)CCC[C@@]2(CO)C(=O)O[C@H]([C@H]21)[C@@H]3O. The van der Waals surface area contributed by atoms with Gasteiger partial charge in [-0.3, -0.25) is 4.79 Å². The van der Waals surface area contributed by atoms with Gasteiger partial charge in [-0.25, -0.2) is 0 Å². The van der Waals surface area contributed by atoms with Gasteiger partial charge in [0.05, 0.1) is 18.1 Å². The normalized spacial score (nSPS) is 58.2. The first-order valence-corrected chi connectivity index (χ1v) is 9.57. The van der Waals surface area contributed by atoms with Gasteiger partial charge in [0.2, 0.25) is 0 Å². The van der Waals surface area contributed by atoms with Crippen LogP contribution in [0.5, 0.6) is 0 Å². The fraction of sp³-hybridized carbons (Fsp3) is 0.850. The van der Waals surface area contributed by atoms with Crippen LogP contribution in [0.1, 0.15) is 51.9 Å². The van der Waals surface area contributed by atoms with Gasteiger partial charge in [-0.1, -0.05) is 25.5 Å². The summed E-state index contributed by atoms with van der Waals surface area (Å²) in [5.41, 5.74) is 0.297. The van der Waals surface area contributed by atoms with Gasteiger partial charge in [-0.05, 0) is 55.8 Å². The van der Waals surface area contributed by atoms with Crippen LogP contribution in [-0.4, -0.2) is 35.0 Å². The van der Waals surface area contributed by atoms with Gasteiger partial charge in [-0.2, -0.15) is 0 Å². The van der Waals surface area contributed by atoms with Crippen LogP contribution in [0.15, 0.2) is 12.2 Å². The monoisotopic (exact) mass is 332 g/mol. The summed E-state index contributed by atoms with van der Waals surface area (Å²) in [6, 6.07) is 0. The Morgan fingerprint density at radius 2 is 2.12 bits per heavy atom. The quantitative estimate of drug-likeness (QED) is 0.572. The molecule has 5 aliphatic rings. The Balaban J connectivity index is 1.69. The molecule has 2 N–H and O–H groups in total. The second-order valence-electron chi connectivity index (χ2n) is 9.57. The molecule has 4 heteroatoms. The molecule has 1 heterocycles. The summed E-state index contributed by atoms with van der Waals surface area (Å²) in [5, 5.41) is 21.5. The van der Waals surface area contributed by atoms with Crippen molar-refractivity contribution in [2.45, 2.75) is 64.1 Å². The Bertz CT molecular complexity index is 629. The number of hydrogen-bond donors (Lipinski definition) is 2. The van der Waals surface area contributed by atoms with E-state index >= 15 is 0 Å². The minimum atomic E-state index is -0.785. The number of rotatable bonds is 1. The van der Waals surface area contributed by atoms with Crippen molar-refractivity contribution in [1.29, 1.82) is 0 Å². The van der Waals surface area contributed by atoms with Gasteiger partial charge >= 0.3 is 5.97 Å². The summed E-state index contributed by atoms with van der Waals surface area (Å²) < 4.78 is 5.80. The van der Waals surface area contributed by atoms with E-state index in [1.54, 1.807) is 0 Å². The first-order valence-electron chi connectivity index (χ1n) is 9.57. The van der Waals surface area contributed by atoms with Crippen LogP contribution in [0.3, 0.4) is 0 Å². The summed E-state index contributed by atoms with van der Waals surface area (Å²) >= 11 is 0. The molecule has 8 atom stereocenters. The van der Waals surface area contributed by atoms with Crippen molar-refractivity contribution in [1.82, 2.24) is 0 Å². The molecule has 0 unspecified atom stereocenters. The molecule has 5 fully saturated rings. The van der Waals surface area contributed by atoms with Crippen molar-refractivity contribution in [3.63, 3.8) is 0 Å². The molecule has 5 rings (SSSR count). The Kier molecular flexibility index (Phi) is 2.85. The molecule has 0 aromatic rings. The maximum atomic E-state index is 12.8. The number of hydrogen-bond acceptors (Lipinski definition) is 4. The fourth-order valence-corrected chi connectivity index (χ4v) is 8.05. The summed E-state index contributed by atoms with van der Waals surface area (Å²) in [7, 11) is 0. The topological polar surface area (TPSA) is 66.8 Å². The van der Waals surface area contributed by atoms with E-state index in [1.807, 2.05) is 0 Å². The molecular weight excluding hydrogens is 304 g/mol. The largest absolute Gasteiger partial charge is 0.459 e. The molecule has 0 amide bonds. The Hall–Kier alpha value is -0.870. The van der Waals surface area contributed by atoms with Gasteiger partial charge < -0.3 is 14.9 Å². The summed E-state index contributed by atoms with van der Waals surface area (Å²) in [4.78, 5) is 12.8. The molecule has 0 aromatic carbocycles. The lowest BCUT2D eigenvalue weighted by molar-refractivity contribution is -0.223. The van der Waals surface area contributed by atoms with Crippen LogP contribution < -0.4 is 0 Å². The number of allylic oxidation sites excluding steroid dienone is 1. The van der Waals surface area contributed by atoms with E-state index < -0.39 is 17.6 Å². The molecule has 1 aliphatic heterocycles. The fourth-order valence-electron chi connectivity index (χ4n) is 8.05. The number of carbonyl (C=O) groups is 1. The zero-order chi connectivity index (χ0) is 16.9. The predicted molar refractivity (Wildman–Crippen MR) is 87.9 cm³/mol. The first kappa shape index (κ1) is 15.4. The second kappa shape index (κ2) is 4.45. The summed E-state index contributed by atoms with van der Waals surface area (Å²) in [5.74, 6) is 0.609. The predicted octanol–water partition coefficient (Wildman–Crippen LogP) is 2.43. The average molecular weight is 332 g/mol. The zero-order valence-electron chi connectivity index (χ0n) is 14.5. The smallest absolute Gasteiger partial charge is 0.315 e. The highest BCUT2D eigenvalue weighted by molar-refractivity contribution is 5.80. The Labute approximate surface area is 143 Å².